The van der Waals surface area contributed by atoms with Gasteiger partial charge in [0.1, 0.15) is 5.82 Å². The largest absolute Gasteiger partial charge is 0.335 e. The first-order valence-electron chi connectivity index (χ1n) is 9.33. The molecule has 6 nitrogen and oxygen atoms in total. The molecular formula is C22H20FN5OS. The molecule has 0 aliphatic heterocycles. The van der Waals surface area contributed by atoms with E-state index in [4.69, 9.17) is 5.84 Å². The predicted molar refractivity (Wildman–Crippen MR) is 116 cm³/mol. The maximum absolute atomic E-state index is 14.0. The minimum atomic E-state index is -0.433. The third kappa shape index (κ3) is 3.61. The fourth-order valence-electron chi connectivity index (χ4n) is 3.43. The molecule has 0 saturated heterocycles. The summed E-state index contributed by atoms with van der Waals surface area (Å²) in [7, 11) is 0. The molecule has 0 aliphatic rings. The van der Waals surface area contributed by atoms with Crippen molar-refractivity contribution in [2.75, 3.05) is 11.6 Å². The Morgan fingerprint density at radius 2 is 1.77 bits per heavy atom. The molecule has 152 valence electrons. The number of ketones is 1. The van der Waals surface area contributed by atoms with Crippen LogP contribution in [0.15, 0.2) is 65.8 Å². The van der Waals surface area contributed by atoms with Gasteiger partial charge in [-0.3, -0.25) is 4.79 Å². The number of halogens is 1. The van der Waals surface area contributed by atoms with Crippen LogP contribution in [0.3, 0.4) is 0 Å². The van der Waals surface area contributed by atoms with Gasteiger partial charge in [0.15, 0.2) is 11.6 Å². The lowest BCUT2D eigenvalue weighted by Gasteiger charge is -2.09. The van der Waals surface area contributed by atoms with Crippen molar-refractivity contribution in [1.82, 2.24) is 19.4 Å². The van der Waals surface area contributed by atoms with Crippen molar-refractivity contribution < 1.29 is 9.18 Å². The van der Waals surface area contributed by atoms with Gasteiger partial charge in [0.05, 0.1) is 11.3 Å². The standard InChI is InChI=1S/C22H20FN5OS/c1-14-12-18(15(2)27(14)16-8-4-3-5-9-16)20(29)13-30-22-26-25-21(28(22)24)17-10-6-7-11-19(17)23/h3-12H,13,24H2,1-2H3. The molecule has 0 saturated carbocycles. The van der Waals surface area contributed by atoms with Gasteiger partial charge in [-0.25, -0.2) is 9.07 Å². The Hall–Kier alpha value is -3.39. The summed E-state index contributed by atoms with van der Waals surface area (Å²) in [5, 5.41) is 8.35. The lowest BCUT2D eigenvalue weighted by molar-refractivity contribution is 0.102. The number of rotatable bonds is 6. The number of para-hydroxylation sites is 1. The molecule has 0 bridgehead atoms. The highest BCUT2D eigenvalue weighted by molar-refractivity contribution is 7.99. The predicted octanol–water partition coefficient (Wildman–Crippen LogP) is 4.18. The van der Waals surface area contributed by atoms with Gasteiger partial charge < -0.3 is 10.4 Å². The highest BCUT2D eigenvalue weighted by Gasteiger charge is 2.20. The number of hydrogen-bond donors (Lipinski definition) is 1. The van der Waals surface area contributed by atoms with Crippen LogP contribution in [0.5, 0.6) is 0 Å². The van der Waals surface area contributed by atoms with Crippen molar-refractivity contribution in [2.45, 2.75) is 19.0 Å². The molecule has 0 unspecified atom stereocenters. The maximum Gasteiger partial charge on any atom is 0.210 e. The van der Waals surface area contributed by atoms with Gasteiger partial charge in [-0.15, -0.1) is 10.2 Å². The number of nitrogen functional groups attached to an aromatic ring is 1. The summed E-state index contributed by atoms with van der Waals surface area (Å²) in [5.74, 6) is 5.94. The second-order valence-corrected chi connectivity index (χ2v) is 7.77. The van der Waals surface area contributed by atoms with E-state index < -0.39 is 5.82 Å². The van der Waals surface area contributed by atoms with E-state index in [9.17, 15) is 9.18 Å². The number of nitrogens with zero attached hydrogens (tertiary/aromatic N) is 4. The molecule has 0 spiro atoms. The normalized spacial score (nSPS) is 11.0. The monoisotopic (exact) mass is 421 g/mol. The summed E-state index contributed by atoms with van der Waals surface area (Å²) < 4.78 is 17.3. The summed E-state index contributed by atoms with van der Waals surface area (Å²) in [6.07, 6.45) is 0. The van der Waals surface area contributed by atoms with Gasteiger partial charge in [0.25, 0.3) is 0 Å². The average molecular weight is 422 g/mol. The fraction of sp³-hybridized carbons (Fsp3) is 0.136. The van der Waals surface area contributed by atoms with E-state index >= 15 is 0 Å². The van der Waals surface area contributed by atoms with Crippen LogP contribution in [0, 0.1) is 19.7 Å². The SMILES string of the molecule is Cc1cc(C(=O)CSc2nnc(-c3ccccc3F)n2N)c(C)n1-c1ccccc1. The number of thioether (sulfide) groups is 1. The summed E-state index contributed by atoms with van der Waals surface area (Å²) in [4.78, 5) is 12.9. The van der Waals surface area contributed by atoms with Crippen molar-refractivity contribution in [1.29, 1.82) is 0 Å². The van der Waals surface area contributed by atoms with Gasteiger partial charge in [0.2, 0.25) is 5.16 Å². The van der Waals surface area contributed by atoms with Crippen LogP contribution in [-0.2, 0) is 0 Å². The molecule has 2 N–H and O–H groups in total. The van der Waals surface area contributed by atoms with Gasteiger partial charge in [-0.05, 0) is 44.2 Å². The van der Waals surface area contributed by atoms with Crippen molar-refractivity contribution in [3.8, 4) is 17.1 Å². The summed E-state index contributed by atoms with van der Waals surface area (Å²) >= 11 is 1.17. The van der Waals surface area contributed by atoms with Crippen molar-refractivity contribution in [3.05, 3.63) is 83.4 Å². The lowest BCUT2D eigenvalue weighted by atomic mass is 10.2. The first-order valence-corrected chi connectivity index (χ1v) is 10.3. The van der Waals surface area contributed by atoms with E-state index in [0.717, 1.165) is 17.1 Å². The van der Waals surface area contributed by atoms with Gasteiger partial charge >= 0.3 is 0 Å². The van der Waals surface area contributed by atoms with Crippen molar-refractivity contribution in [2.24, 2.45) is 0 Å². The molecule has 2 aromatic carbocycles. The van der Waals surface area contributed by atoms with Crippen LogP contribution in [0.2, 0.25) is 0 Å². The number of nitrogens with two attached hydrogens (primary N) is 1. The Balaban J connectivity index is 1.53. The van der Waals surface area contributed by atoms with E-state index in [1.165, 1.54) is 22.5 Å². The molecule has 4 aromatic rings. The Bertz CT molecular complexity index is 1220. The number of aromatic nitrogens is 4. The van der Waals surface area contributed by atoms with Gasteiger partial charge in [0, 0.05) is 22.6 Å². The highest BCUT2D eigenvalue weighted by atomic mass is 32.2. The third-order valence-electron chi connectivity index (χ3n) is 4.86. The van der Waals surface area contributed by atoms with Crippen molar-refractivity contribution in [3.63, 3.8) is 0 Å². The summed E-state index contributed by atoms with van der Waals surface area (Å²) in [6.45, 7) is 3.90. The van der Waals surface area contributed by atoms with Gasteiger partial charge in [-0.1, -0.05) is 42.1 Å². The Labute approximate surface area is 177 Å². The second-order valence-electron chi connectivity index (χ2n) is 6.82. The number of carbonyl (C=O) groups excluding carboxylic acids is 1. The van der Waals surface area contributed by atoms with E-state index in [1.807, 2.05) is 50.2 Å². The quantitative estimate of drug-likeness (QED) is 0.287. The molecule has 0 atom stereocenters. The Kier molecular flexibility index (Phi) is 5.41. The maximum atomic E-state index is 14.0. The molecule has 30 heavy (non-hydrogen) atoms. The number of Topliss-reactive ketones (excluding diaryl/α,β-unsaturated/α-hetero) is 1. The smallest absolute Gasteiger partial charge is 0.210 e. The topological polar surface area (TPSA) is 78.7 Å². The van der Waals surface area contributed by atoms with Gasteiger partial charge in [-0.2, -0.15) is 0 Å². The number of aryl methyl sites for hydroxylation is 1. The molecule has 2 heterocycles. The van der Waals surface area contributed by atoms with Crippen LogP contribution < -0.4 is 5.84 Å². The molecule has 0 radical (unpaired) electrons. The minimum Gasteiger partial charge on any atom is -0.335 e. The van der Waals surface area contributed by atoms with E-state index in [2.05, 4.69) is 14.8 Å². The van der Waals surface area contributed by atoms with E-state index in [0.29, 0.717) is 10.7 Å². The molecule has 8 heteroatoms. The molecular weight excluding hydrogens is 401 g/mol. The van der Waals surface area contributed by atoms with Crippen LogP contribution in [0.1, 0.15) is 21.7 Å². The average Bonchev–Trinajstić information content (AvgIpc) is 3.26. The molecule has 0 aliphatic carbocycles. The summed E-state index contributed by atoms with van der Waals surface area (Å²) in [5.41, 5.74) is 3.79. The van der Waals surface area contributed by atoms with Crippen LogP contribution in [0.25, 0.3) is 17.1 Å². The number of hydrogen-bond acceptors (Lipinski definition) is 5. The van der Waals surface area contributed by atoms with Crippen LogP contribution in [0.4, 0.5) is 4.39 Å². The highest BCUT2D eigenvalue weighted by Crippen LogP contribution is 2.26. The third-order valence-corrected chi connectivity index (χ3v) is 5.80. The Morgan fingerprint density at radius 3 is 2.50 bits per heavy atom. The summed E-state index contributed by atoms with van der Waals surface area (Å²) in [6, 6.07) is 18.0. The van der Waals surface area contributed by atoms with Crippen LogP contribution in [-0.4, -0.2) is 31.0 Å². The van der Waals surface area contributed by atoms with E-state index in [1.54, 1.807) is 18.2 Å². The molecule has 0 amide bonds. The zero-order valence-corrected chi connectivity index (χ0v) is 17.4. The second kappa shape index (κ2) is 8.16. The fourth-order valence-corrected chi connectivity index (χ4v) is 4.17. The molecule has 0 fully saturated rings. The first kappa shape index (κ1) is 19.9. The zero-order valence-electron chi connectivity index (χ0n) is 16.5. The number of carbonyl (C=O) groups is 1. The van der Waals surface area contributed by atoms with Crippen molar-refractivity contribution >= 4 is 17.5 Å². The lowest BCUT2D eigenvalue weighted by Crippen LogP contribution is -2.13. The minimum absolute atomic E-state index is 0.0364. The molecule has 4 rings (SSSR count). The molecule has 2 aromatic heterocycles. The van der Waals surface area contributed by atoms with E-state index in [-0.39, 0.29) is 22.9 Å². The Morgan fingerprint density at radius 1 is 1.07 bits per heavy atom. The number of benzene rings is 2. The first-order chi connectivity index (χ1) is 14.5. The van der Waals surface area contributed by atoms with Crippen LogP contribution >= 0.6 is 11.8 Å². The zero-order chi connectivity index (χ0) is 21.3.